The first-order valence-electron chi connectivity index (χ1n) is 6.11. The summed E-state index contributed by atoms with van der Waals surface area (Å²) in [5.74, 6) is 6.94. The van der Waals surface area contributed by atoms with Gasteiger partial charge in [0, 0.05) is 23.9 Å². The molecule has 1 heterocycles. The van der Waals surface area contributed by atoms with Crippen LogP contribution in [-0.2, 0) is 13.2 Å². The third-order valence-corrected chi connectivity index (χ3v) is 2.70. The molecule has 0 amide bonds. The van der Waals surface area contributed by atoms with E-state index < -0.39 is 0 Å². The van der Waals surface area contributed by atoms with Gasteiger partial charge in [-0.2, -0.15) is 5.10 Å². The number of rotatable bonds is 4. The first-order chi connectivity index (χ1) is 9.31. The third-order valence-electron chi connectivity index (χ3n) is 2.57. The van der Waals surface area contributed by atoms with Gasteiger partial charge in [-0.15, -0.1) is 11.6 Å². The van der Waals surface area contributed by atoms with E-state index in [1.165, 1.54) is 0 Å². The molecule has 0 saturated carbocycles. The van der Waals surface area contributed by atoms with E-state index in [1.54, 1.807) is 0 Å². The molecule has 0 aliphatic carbocycles. The van der Waals surface area contributed by atoms with Crippen molar-refractivity contribution in [3.63, 3.8) is 0 Å². The fourth-order valence-corrected chi connectivity index (χ4v) is 1.66. The largest absolute Gasteiger partial charge is 0.489 e. The predicted molar refractivity (Wildman–Crippen MR) is 76.3 cm³/mol. The summed E-state index contributed by atoms with van der Waals surface area (Å²) in [5.41, 5.74) is 2.00. The Morgan fingerprint density at radius 1 is 1.32 bits per heavy atom. The van der Waals surface area contributed by atoms with Crippen molar-refractivity contribution < 1.29 is 4.74 Å². The van der Waals surface area contributed by atoms with E-state index in [1.807, 2.05) is 41.3 Å². The summed E-state index contributed by atoms with van der Waals surface area (Å²) in [4.78, 5) is 0. The number of alkyl halides is 1. The number of nitrogens with zero attached hydrogens (tertiary/aromatic N) is 2. The van der Waals surface area contributed by atoms with Crippen molar-refractivity contribution in [3.8, 4) is 17.6 Å². The lowest BCUT2D eigenvalue weighted by Crippen LogP contribution is -1.95. The number of aryl methyl sites for hydroxylation is 1. The highest BCUT2D eigenvalue weighted by Gasteiger charge is 1.99. The van der Waals surface area contributed by atoms with Gasteiger partial charge >= 0.3 is 0 Å². The zero-order chi connectivity index (χ0) is 13.5. The average molecular weight is 275 g/mol. The van der Waals surface area contributed by atoms with Crippen molar-refractivity contribution in [3.05, 3.63) is 47.8 Å². The molecular weight excluding hydrogens is 260 g/mol. The first-order valence-corrected chi connectivity index (χ1v) is 6.64. The molecule has 0 aliphatic rings. The first kappa shape index (κ1) is 13.5. The van der Waals surface area contributed by atoms with Crippen molar-refractivity contribution in [1.29, 1.82) is 0 Å². The molecule has 0 aliphatic heterocycles. The standard InChI is InChI=1S/C15H15ClN2O/c1-2-18-11-14(10-17-18)12-19-15-7-5-13(6-8-15)4-3-9-16/h5-8,10-11H,2,9,12H2,1H3. The molecule has 1 aromatic heterocycles. The summed E-state index contributed by atoms with van der Waals surface area (Å²) in [6.07, 6.45) is 3.81. The SMILES string of the molecule is CCn1cc(COc2ccc(C#CCCl)cc2)cn1. The molecule has 0 fully saturated rings. The van der Waals surface area contributed by atoms with Gasteiger partial charge in [0.15, 0.2) is 0 Å². The Bertz CT molecular complexity index is 578. The Morgan fingerprint density at radius 3 is 2.74 bits per heavy atom. The third kappa shape index (κ3) is 4.04. The monoisotopic (exact) mass is 274 g/mol. The Balaban J connectivity index is 1.92. The van der Waals surface area contributed by atoms with E-state index in [4.69, 9.17) is 16.3 Å². The van der Waals surface area contributed by atoms with Crippen LogP contribution in [0.25, 0.3) is 0 Å². The highest BCUT2D eigenvalue weighted by Crippen LogP contribution is 2.13. The number of benzene rings is 1. The van der Waals surface area contributed by atoms with Crippen LogP contribution in [-0.4, -0.2) is 15.7 Å². The van der Waals surface area contributed by atoms with Crippen LogP contribution in [0.4, 0.5) is 0 Å². The molecule has 0 N–H and O–H groups in total. The quantitative estimate of drug-likeness (QED) is 0.633. The van der Waals surface area contributed by atoms with Crippen LogP contribution in [0.15, 0.2) is 36.7 Å². The summed E-state index contributed by atoms with van der Waals surface area (Å²) < 4.78 is 7.56. The molecule has 0 atom stereocenters. The molecule has 0 bridgehead atoms. The van der Waals surface area contributed by atoms with Crippen molar-refractivity contribution >= 4 is 11.6 Å². The number of ether oxygens (including phenoxy) is 1. The molecule has 19 heavy (non-hydrogen) atoms. The van der Waals surface area contributed by atoms with Gasteiger partial charge < -0.3 is 4.74 Å². The van der Waals surface area contributed by atoms with E-state index in [0.717, 1.165) is 23.4 Å². The van der Waals surface area contributed by atoms with Crippen LogP contribution in [0.5, 0.6) is 5.75 Å². The lowest BCUT2D eigenvalue weighted by molar-refractivity contribution is 0.306. The second-order valence-corrected chi connectivity index (χ2v) is 4.22. The maximum atomic E-state index is 5.68. The highest BCUT2D eigenvalue weighted by atomic mass is 35.5. The van der Waals surface area contributed by atoms with Crippen LogP contribution >= 0.6 is 11.6 Å². The normalized spacial score (nSPS) is 9.79. The zero-order valence-corrected chi connectivity index (χ0v) is 11.5. The van der Waals surface area contributed by atoms with E-state index in [9.17, 15) is 0 Å². The predicted octanol–water partition coefficient (Wildman–Crippen LogP) is 3.07. The molecule has 98 valence electrons. The molecule has 4 heteroatoms. The molecule has 0 spiro atoms. The van der Waals surface area contributed by atoms with Crippen molar-refractivity contribution in [2.75, 3.05) is 5.88 Å². The van der Waals surface area contributed by atoms with Gasteiger partial charge in [-0.1, -0.05) is 11.8 Å². The van der Waals surface area contributed by atoms with Crippen LogP contribution in [0, 0.1) is 11.8 Å². The van der Waals surface area contributed by atoms with Crippen LogP contribution in [0.3, 0.4) is 0 Å². The van der Waals surface area contributed by atoms with E-state index in [-0.39, 0.29) is 0 Å². The lowest BCUT2D eigenvalue weighted by atomic mass is 10.2. The Labute approximate surface area is 118 Å². The Morgan fingerprint density at radius 2 is 2.11 bits per heavy atom. The molecule has 2 aromatic rings. The smallest absolute Gasteiger partial charge is 0.119 e. The minimum atomic E-state index is 0.347. The molecular formula is C15H15ClN2O. The molecule has 0 unspecified atom stereocenters. The maximum Gasteiger partial charge on any atom is 0.119 e. The fraction of sp³-hybridized carbons (Fsp3) is 0.267. The van der Waals surface area contributed by atoms with Gasteiger partial charge in [-0.25, -0.2) is 0 Å². The lowest BCUT2D eigenvalue weighted by Gasteiger charge is -2.04. The molecule has 0 saturated heterocycles. The Hall–Kier alpha value is -1.92. The summed E-state index contributed by atoms with van der Waals surface area (Å²) in [7, 11) is 0. The van der Waals surface area contributed by atoms with E-state index in [2.05, 4.69) is 23.9 Å². The molecule has 0 radical (unpaired) electrons. The summed E-state index contributed by atoms with van der Waals surface area (Å²) in [5, 5.41) is 4.20. The number of hydrogen-bond acceptors (Lipinski definition) is 2. The topological polar surface area (TPSA) is 27.1 Å². The van der Waals surface area contributed by atoms with Crippen LogP contribution in [0.2, 0.25) is 0 Å². The minimum Gasteiger partial charge on any atom is -0.489 e. The van der Waals surface area contributed by atoms with Crippen molar-refractivity contribution in [1.82, 2.24) is 9.78 Å². The summed E-state index contributed by atoms with van der Waals surface area (Å²) in [6, 6.07) is 7.65. The molecule has 3 nitrogen and oxygen atoms in total. The average Bonchev–Trinajstić information content (AvgIpc) is 2.92. The second kappa shape index (κ2) is 6.86. The number of hydrogen-bond donors (Lipinski definition) is 0. The van der Waals surface area contributed by atoms with Crippen LogP contribution < -0.4 is 4.74 Å². The van der Waals surface area contributed by atoms with E-state index >= 15 is 0 Å². The maximum absolute atomic E-state index is 5.68. The van der Waals surface area contributed by atoms with E-state index in [0.29, 0.717) is 12.5 Å². The van der Waals surface area contributed by atoms with Crippen molar-refractivity contribution in [2.24, 2.45) is 0 Å². The van der Waals surface area contributed by atoms with Gasteiger partial charge in [-0.05, 0) is 31.2 Å². The summed E-state index contributed by atoms with van der Waals surface area (Å²) >= 11 is 5.51. The van der Waals surface area contributed by atoms with Gasteiger partial charge in [0.25, 0.3) is 0 Å². The molecule has 2 rings (SSSR count). The van der Waals surface area contributed by atoms with Gasteiger partial charge in [0.1, 0.15) is 12.4 Å². The van der Waals surface area contributed by atoms with Crippen molar-refractivity contribution in [2.45, 2.75) is 20.1 Å². The van der Waals surface area contributed by atoms with Gasteiger partial charge in [0.2, 0.25) is 0 Å². The van der Waals surface area contributed by atoms with Crippen LogP contribution in [0.1, 0.15) is 18.1 Å². The second-order valence-electron chi connectivity index (χ2n) is 3.95. The minimum absolute atomic E-state index is 0.347. The van der Waals surface area contributed by atoms with Gasteiger partial charge in [-0.3, -0.25) is 4.68 Å². The molecule has 1 aromatic carbocycles. The highest BCUT2D eigenvalue weighted by molar-refractivity contribution is 6.19. The number of aromatic nitrogens is 2. The van der Waals surface area contributed by atoms with Gasteiger partial charge in [0.05, 0.1) is 12.1 Å². The number of halogens is 1. The Kier molecular flexibility index (Phi) is 4.88. The summed E-state index contributed by atoms with van der Waals surface area (Å²) in [6.45, 7) is 3.44. The zero-order valence-electron chi connectivity index (χ0n) is 10.8. The fourth-order valence-electron chi connectivity index (χ4n) is 1.59.